The highest BCUT2D eigenvalue weighted by Crippen LogP contribution is 2.34. The van der Waals surface area contributed by atoms with Gasteiger partial charge >= 0.3 is 6.18 Å². The van der Waals surface area contributed by atoms with Crippen molar-refractivity contribution in [3.63, 3.8) is 0 Å². The van der Waals surface area contributed by atoms with E-state index in [9.17, 15) is 31.2 Å². The summed E-state index contributed by atoms with van der Waals surface area (Å²) in [6.45, 7) is 1.50. The molecule has 1 fully saturated rings. The number of benzene rings is 2. The Morgan fingerprint density at radius 1 is 1.12 bits per heavy atom. The van der Waals surface area contributed by atoms with Crippen LogP contribution in [-0.4, -0.2) is 61.7 Å². The third-order valence-corrected chi connectivity index (χ3v) is 7.66. The summed E-state index contributed by atoms with van der Waals surface area (Å²) in [4.78, 5) is 25.9. The van der Waals surface area contributed by atoms with Crippen LogP contribution in [0, 0.1) is 0 Å². The number of fused-ring (bicyclic) bond motifs is 1. The van der Waals surface area contributed by atoms with Crippen LogP contribution in [0.15, 0.2) is 47.4 Å². The Balaban J connectivity index is 1.48. The molecule has 1 atom stereocenters. The zero-order chi connectivity index (χ0) is 24.7. The van der Waals surface area contributed by atoms with Gasteiger partial charge in [0, 0.05) is 26.2 Å². The first-order valence-electron chi connectivity index (χ1n) is 10.6. The van der Waals surface area contributed by atoms with Gasteiger partial charge < -0.3 is 15.0 Å². The lowest BCUT2D eigenvalue weighted by atomic mass is 10.1. The minimum atomic E-state index is -4.68. The predicted molar refractivity (Wildman–Crippen MR) is 116 cm³/mol. The number of halogens is 3. The lowest BCUT2D eigenvalue weighted by molar-refractivity contribution is -0.138. The first-order valence-corrected chi connectivity index (χ1v) is 12.0. The highest BCUT2D eigenvalue weighted by Gasteiger charge is 2.37. The lowest BCUT2D eigenvalue weighted by Crippen LogP contribution is -2.50. The highest BCUT2D eigenvalue weighted by atomic mass is 32.2. The van der Waals surface area contributed by atoms with Gasteiger partial charge in [-0.25, -0.2) is 8.42 Å². The second-order valence-corrected chi connectivity index (χ2v) is 9.84. The van der Waals surface area contributed by atoms with E-state index in [0.29, 0.717) is 12.2 Å². The van der Waals surface area contributed by atoms with E-state index in [1.165, 1.54) is 35.2 Å². The zero-order valence-electron chi connectivity index (χ0n) is 18.1. The van der Waals surface area contributed by atoms with Crippen molar-refractivity contribution in [2.24, 2.45) is 0 Å². The number of carbonyl (C=O) groups is 2. The van der Waals surface area contributed by atoms with Gasteiger partial charge in [0.05, 0.1) is 21.7 Å². The van der Waals surface area contributed by atoms with Crippen molar-refractivity contribution in [2.45, 2.75) is 30.5 Å². The minimum absolute atomic E-state index is 0.0623. The fourth-order valence-electron chi connectivity index (χ4n) is 3.93. The molecule has 0 saturated carbocycles. The van der Waals surface area contributed by atoms with Crippen LogP contribution in [0.1, 0.15) is 29.3 Å². The minimum Gasteiger partial charge on any atom is -0.478 e. The quantitative estimate of drug-likeness (QED) is 0.701. The Morgan fingerprint density at radius 3 is 2.44 bits per heavy atom. The summed E-state index contributed by atoms with van der Waals surface area (Å²) < 4.78 is 72.8. The molecular weight excluding hydrogens is 475 g/mol. The molecule has 0 aromatic heterocycles. The number of hydrogen-bond donors (Lipinski definition) is 1. The Labute approximate surface area is 194 Å². The first-order chi connectivity index (χ1) is 16.0. The highest BCUT2D eigenvalue weighted by molar-refractivity contribution is 7.89. The van der Waals surface area contributed by atoms with Gasteiger partial charge in [0.25, 0.3) is 11.8 Å². The van der Waals surface area contributed by atoms with Gasteiger partial charge in [-0.1, -0.05) is 19.1 Å². The van der Waals surface area contributed by atoms with Gasteiger partial charge in [-0.05, 0) is 36.8 Å². The van der Waals surface area contributed by atoms with Crippen molar-refractivity contribution < 1.29 is 35.9 Å². The fraction of sp³-hybridized carbons (Fsp3) is 0.364. The van der Waals surface area contributed by atoms with Gasteiger partial charge in [-0.15, -0.1) is 0 Å². The van der Waals surface area contributed by atoms with Crippen LogP contribution in [0.3, 0.4) is 0 Å². The summed E-state index contributed by atoms with van der Waals surface area (Å²) in [5.74, 6) is -0.802. The molecule has 2 aliphatic heterocycles. The van der Waals surface area contributed by atoms with E-state index < -0.39 is 39.3 Å². The molecule has 0 bridgehead atoms. The average molecular weight is 497 g/mol. The largest absolute Gasteiger partial charge is 0.478 e. The van der Waals surface area contributed by atoms with Gasteiger partial charge in [-0.3, -0.25) is 9.59 Å². The van der Waals surface area contributed by atoms with Crippen molar-refractivity contribution in [1.29, 1.82) is 0 Å². The Hall–Kier alpha value is -3.12. The van der Waals surface area contributed by atoms with Crippen LogP contribution in [0.4, 0.5) is 18.9 Å². The Kier molecular flexibility index (Phi) is 6.30. The third-order valence-electron chi connectivity index (χ3n) is 5.77. The molecule has 0 radical (unpaired) electrons. The van der Waals surface area contributed by atoms with Crippen LogP contribution < -0.4 is 10.1 Å². The standard InChI is InChI=1S/C22H22F3N3O5S/c1-2-18-20(29)26-17-13-14(7-8-19(17)33-18)34(31,32)28-11-9-27(10-12-28)21(30)15-5-3-4-6-16(15)22(23,24)25/h3-8,13,18H,2,9-12H2,1H3,(H,26,29). The topological polar surface area (TPSA) is 96.0 Å². The van der Waals surface area contributed by atoms with Gasteiger partial charge in [0.1, 0.15) is 5.75 Å². The molecule has 2 aromatic carbocycles. The van der Waals surface area contributed by atoms with Gasteiger partial charge in [0.15, 0.2) is 6.10 Å². The Bertz CT molecular complexity index is 1220. The van der Waals surface area contributed by atoms with E-state index >= 15 is 0 Å². The molecule has 1 unspecified atom stereocenters. The molecule has 8 nitrogen and oxygen atoms in total. The summed E-state index contributed by atoms with van der Waals surface area (Å²) in [6, 6.07) is 8.66. The number of alkyl halides is 3. The van der Waals surface area contributed by atoms with Crippen molar-refractivity contribution >= 4 is 27.5 Å². The maximum absolute atomic E-state index is 13.3. The third kappa shape index (κ3) is 4.47. The van der Waals surface area contributed by atoms with E-state index in [-0.39, 0.29) is 42.7 Å². The molecule has 2 amide bonds. The number of sulfonamides is 1. The molecule has 12 heteroatoms. The van der Waals surface area contributed by atoms with E-state index in [1.54, 1.807) is 6.92 Å². The summed E-state index contributed by atoms with van der Waals surface area (Å²) in [5.41, 5.74) is -1.26. The van der Waals surface area contributed by atoms with Crippen LogP contribution in [0.25, 0.3) is 0 Å². The second-order valence-electron chi connectivity index (χ2n) is 7.90. The SMILES string of the molecule is CCC1Oc2ccc(S(=O)(=O)N3CCN(C(=O)c4ccccc4C(F)(F)F)CC3)cc2NC1=O. The van der Waals surface area contributed by atoms with E-state index in [0.717, 1.165) is 16.4 Å². The molecule has 182 valence electrons. The van der Waals surface area contributed by atoms with Crippen LogP contribution in [0.2, 0.25) is 0 Å². The molecule has 1 N–H and O–H groups in total. The number of nitrogens with zero attached hydrogens (tertiary/aromatic N) is 2. The number of ether oxygens (including phenoxy) is 1. The molecule has 34 heavy (non-hydrogen) atoms. The maximum Gasteiger partial charge on any atom is 0.417 e. The number of hydrogen-bond acceptors (Lipinski definition) is 5. The fourth-order valence-corrected chi connectivity index (χ4v) is 5.38. The van der Waals surface area contributed by atoms with Crippen molar-refractivity contribution in [3.8, 4) is 5.75 Å². The van der Waals surface area contributed by atoms with Crippen LogP contribution in [-0.2, 0) is 21.0 Å². The Morgan fingerprint density at radius 2 is 1.79 bits per heavy atom. The molecule has 0 spiro atoms. The first kappa shape index (κ1) is 24.0. The zero-order valence-corrected chi connectivity index (χ0v) is 18.9. The summed E-state index contributed by atoms with van der Waals surface area (Å²) in [5, 5.41) is 2.64. The monoisotopic (exact) mass is 497 g/mol. The molecule has 2 heterocycles. The van der Waals surface area contributed by atoms with E-state index in [1.807, 2.05) is 0 Å². The molecule has 2 aliphatic rings. The summed E-state index contributed by atoms with van der Waals surface area (Å²) in [7, 11) is -3.97. The number of anilines is 1. The van der Waals surface area contributed by atoms with Gasteiger partial charge in [0.2, 0.25) is 10.0 Å². The molecule has 2 aromatic rings. The smallest absolute Gasteiger partial charge is 0.417 e. The molecule has 4 rings (SSSR count). The van der Waals surface area contributed by atoms with Crippen LogP contribution >= 0.6 is 0 Å². The number of amides is 2. The predicted octanol–water partition coefficient (Wildman–Crippen LogP) is 2.96. The summed E-state index contributed by atoms with van der Waals surface area (Å²) >= 11 is 0. The molecule has 0 aliphatic carbocycles. The number of nitrogens with one attached hydrogen (secondary N) is 1. The normalized spacial score (nSPS) is 19.2. The van der Waals surface area contributed by atoms with E-state index in [4.69, 9.17) is 4.74 Å². The molecular formula is C22H22F3N3O5S. The molecule has 1 saturated heterocycles. The summed E-state index contributed by atoms with van der Waals surface area (Å²) in [6.07, 6.45) is -4.87. The van der Waals surface area contributed by atoms with Crippen molar-refractivity contribution in [3.05, 3.63) is 53.6 Å². The average Bonchev–Trinajstić information content (AvgIpc) is 2.82. The number of rotatable bonds is 4. The number of carbonyl (C=O) groups excluding carboxylic acids is 2. The maximum atomic E-state index is 13.3. The van der Waals surface area contributed by atoms with Gasteiger partial charge in [-0.2, -0.15) is 17.5 Å². The lowest BCUT2D eigenvalue weighted by Gasteiger charge is -2.34. The van der Waals surface area contributed by atoms with Crippen molar-refractivity contribution in [2.75, 3.05) is 31.5 Å². The van der Waals surface area contributed by atoms with E-state index in [2.05, 4.69) is 5.32 Å². The number of piperazine rings is 1. The second kappa shape index (κ2) is 8.91. The van der Waals surface area contributed by atoms with Crippen LogP contribution in [0.5, 0.6) is 5.75 Å². The van der Waals surface area contributed by atoms with Crippen molar-refractivity contribution in [1.82, 2.24) is 9.21 Å².